The molecule has 0 unspecified atom stereocenters. The van der Waals surface area contributed by atoms with Crippen LogP contribution in [-0.4, -0.2) is 144 Å². The molecule has 0 aromatic carbocycles. The molecule has 6 amide bonds. The summed E-state index contributed by atoms with van der Waals surface area (Å²) in [4.78, 5) is 128. The van der Waals surface area contributed by atoms with Crippen molar-refractivity contribution >= 4 is 59.3 Å². The topological polar surface area (TPSA) is 399 Å². The molecular weight excluding hydrogens is 690 g/mol. The van der Waals surface area contributed by atoms with Gasteiger partial charge in [0.15, 0.2) is 0 Å². The number of rotatable bonds is 23. The first-order valence-corrected chi connectivity index (χ1v) is 14.9. The van der Waals surface area contributed by atoms with E-state index in [0.717, 1.165) is 6.92 Å². The van der Waals surface area contributed by atoms with Crippen LogP contribution in [0.2, 0.25) is 0 Å². The van der Waals surface area contributed by atoms with Crippen LogP contribution in [0.5, 0.6) is 0 Å². The Hall–Kier alpha value is -6.17. The largest absolute Gasteiger partial charge is 0.481 e. The summed E-state index contributed by atoms with van der Waals surface area (Å²) in [5.41, 5.74) is 5.68. The fourth-order valence-electron chi connectivity index (χ4n) is 4.06. The predicted molar refractivity (Wildman–Crippen MR) is 165 cm³/mol. The molecule has 1 heterocycles. The zero-order valence-electron chi connectivity index (χ0n) is 26.9. The molecule has 0 saturated heterocycles. The van der Waals surface area contributed by atoms with Crippen molar-refractivity contribution in [1.29, 1.82) is 0 Å². The van der Waals surface area contributed by atoms with Crippen LogP contribution in [0.4, 0.5) is 0 Å². The number of hydrogen-bond donors (Lipinski definition) is 13. The Kier molecular flexibility index (Phi) is 17.7. The van der Waals surface area contributed by atoms with Gasteiger partial charge in [-0.2, -0.15) is 0 Å². The van der Waals surface area contributed by atoms with Crippen molar-refractivity contribution in [3.05, 3.63) is 18.2 Å². The van der Waals surface area contributed by atoms with Crippen molar-refractivity contribution < 1.29 is 73.5 Å². The minimum absolute atomic E-state index is 0.172. The van der Waals surface area contributed by atoms with E-state index < -0.39 is 134 Å². The van der Waals surface area contributed by atoms with Gasteiger partial charge in [0.1, 0.15) is 36.3 Å². The zero-order valence-corrected chi connectivity index (χ0v) is 26.9. The number of aromatic nitrogens is 2. The van der Waals surface area contributed by atoms with Crippen LogP contribution in [0.15, 0.2) is 12.5 Å². The Bertz CT molecular complexity index is 1450. The van der Waals surface area contributed by atoms with Crippen LogP contribution in [-0.2, 0) is 54.4 Å². The van der Waals surface area contributed by atoms with E-state index in [1.807, 2.05) is 10.6 Å². The molecule has 24 nitrogen and oxygen atoms in total. The lowest BCUT2D eigenvalue weighted by atomic mass is 10.1. The average molecular weight is 730 g/mol. The minimum atomic E-state index is -1.96. The van der Waals surface area contributed by atoms with Gasteiger partial charge < -0.3 is 68.2 Å². The number of carbonyl (C=O) groups excluding carboxylic acids is 6. The minimum Gasteiger partial charge on any atom is -0.481 e. The van der Waals surface area contributed by atoms with E-state index in [4.69, 9.17) is 21.1 Å². The van der Waals surface area contributed by atoms with Crippen molar-refractivity contribution in [1.82, 2.24) is 41.9 Å². The van der Waals surface area contributed by atoms with Crippen molar-refractivity contribution in [2.45, 2.75) is 75.3 Å². The number of aliphatic carboxylic acids is 4. The van der Waals surface area contributed by atoms with Crippen LogP contribution in [0.25, 0.3) is 0 Å². The number of nitrogens with zero attached hydrogens (tertiary/aromatic N) is 1. The van der Waals surface area contributed by atoms with Crippen molar-refractivity contribution in [2.75, 3.05) is 13.2 Å². The fourth-order valence-corrected chi connectivity index (χ4v) is 4.06. The number of nitrogens with one attached hydrogen (secondary N) is 7. The van der Waals surface area contributed by atoms with Gasteiger partial charge in [0.05, 0.1) is 32.3 Å². The van der Waals surface area contributed by atoms with Gasteiger partial charge in [-0.1, -0.05) is 0 Å². The molecular formula is C27H39N9O15. The summed E-state index contributed by atoms with van der Waals surface area (Å²) in [5.74, 6) is -13.1. The van der Waals surface area contributed by atoms with E-state index >= 15 is 0 Å². The Balaban J connectivity index is 3.13. The van der Waals surface area contributed by atoms with Gasteiger partial charge in [0.25, 0.3) is 0 Å². The van der Waals surface area contributed by atoms with E-state index in [0.29, 0.717) is 5.69 Å². The fraction of sp³-hybridized carbons (Fsp3) is 0.519. The Labute approximate surface area is 287 Å². The number of aliphatic hydroxyl groups excluding tert-OH is 1. The molecule has 1 rings (SSSR count). The highest BCUT2D eigenvalue weighted by Crippen LogP contribution is 2.05. The molecule has 0 fully saturated rings. The molecule has 1 aromatic heterocycles. The number of carbonyl (C=O) groups is 10. The number of imidazole rings is 1. The van der Waals surface area contributed by atoms with Gasteiger partial charge in [-0.25, -0.2) is 9.78 Å². The first kappa shape index (κ1) is 42.9. The monoisotopic (exact) mass is 729 g/mol. The molecule has 24 heteroatoms. The number of aromatic amines is 1. The third-order valence-electron chi connectivity index (χ3n) is 6.67. The lowest BCUT2D eigenvalue weighted by Crippen LogP contribution is -2.59. The molecule has 1 aromatic rings. The molecule has 0 spiro atoms. The number of amides is 6. The normalized spacial score (nSPS) is 14.2. The molecule has 0 aliphatic heterocycles. The highest BCUT2D eigenvalue weighted by molar-refractivity contribution is 5.98. The number of carboxylic acid groups (broad SMARTS) is 4. The summed E-state index contributed by atoms with van der Waals surface area (Å²) in [6.45, 7) is -0.529. The van der Waals surface area contributed by atoms with E-state index in [1.165, 1.54) is 12.5 Å². The van der Waals surface area contributed by atoms with E-state index in [-0.39, 0.29) is 6.42 Å². The molecule has 0 saturated carbocycles. The quantitative estimate of drug-likeness (QED) is 0.0498. The summed E-state index contributed by atoms with van der Waals surface area (Å²) in [7, 11) is 0. The molecule has 14 N–H and O–H groups in total. The lowest BCUT2D eigenvalue weighted by Gasteiger charge is -2.25. The number of aliphatic hydroxyl groups is 1. The van der Waals surface area contributed by atoms with Gasteiger partial charge >= 0.3 is 23.9 Å². The van der Waals surface area contributed by atoms with Crippen molar-refractivity contribution in [3.63, 3.8) is 0 Å². The van der Waals surface area contributed by atoms with E-state index in [2.05, 4.69) is 31.2 Å². The molecule has 0 aliphatic rings. The van der Waals surface area contributed by atoms with E-state index in [9.17, 15) is 58.2 Å². The first-order valence-electron chi connectivity index (χ1n) is 14.9. The standard InChI is InChI=1S/C27H39N9O15/c1-11(31-24(47)15(5-20(41)42)35-25(48)14(32-18(38)7-28)4-12-8-29-10-30-12)22(45)33-13(2-3-19(39)40)23(46)34-16(6-21(43)44)26(49)36-17(9-37)27(50)51/h8,10-11,13-17,37H,2-7,9,28H2,1H3,(H,29,30)(H,31,47)(H,32,38)(H,33,45)(H,34,46)(H,35,48)(H,36,49)(H,39,40)(H,41,42)(H,43,44)(H,50,51)/t11-,13-,14-,15-,16-,17-/m0/s1. The molecule has 0 aliphatic carbocycles. The second-order valence-electron chi connectivity index (χ2n) is 10.7. The summed E-state index contributed by atoms with van der Waals surface area (Å²) in [6, 6.07) is -10.4. The Morgan fingerprint density at radius 3 is 1.63 bits per heavy atom. The highest BCUT2D eigenvalue weighted by Gasteiger charge is 2.34. The number of hydrogen-bond acceptors (Lipinski definition) is 13. The average Bonchev–Trinajstić information content (AvgIpc) is 3.56. The molecule has 51 heavy (non-hydrogen) atoms. The van der Waals surface area contributed by atoms with Crippen LogP contribution in [0.3, 0.4) is 0 Å². The van der Waals surface area contributed by atoms with Crippen molar-refractivity contribution in [2.24, 2.45) is 5.73 Å². The third-order valence-corrected chi connectivity index (χ3v) is 6.67. The van der Waals surface area contributed by atoms with Gasteiger partial charge in [-0.05, 0) is 13.3 Å². The lowest BCUT2D eigenvalue weighted by molar-refractivity contribution is -0.144. The van der Waals surface area contributed by atoms with Crippen LogP contribution >= 0.6 is 0 Å². The molecule has 282 valence electrons. The van der Waals surface area contributed by atoms with Crippen molar-refractivity contribution in [3.8, 4) is 0 Å². The van der Waals surface area contributed by atoms with Crippen LogP contribution in [0, 0.1) is 0 Å². The summed E-state index contributed by atoms with van der Waals surface area (Å²) >= 11 is 0. The summed E-state index contributed by atoms with van der Waals surface area (Å²) < 4.78 is 0. The first-order chi connectivity index (χ1) is 23.9. The maximum atomic E-state index is 13.1. The summed E-state index contributed by atoms with van der Waals surface area (Å²) in [6.07, 6.45) is -1.01. The molecule has 0 bridgehead atoms. The molecule has 6 atom stereocenters. The summed E-state index contributed by atoms with van der Waals surface area (Å²) in [5, 5.41) is 58.4. The van der Waals surface area contributed by atoms with Crippen LogP contribution < -0.4 is 37.6 Å². The smallest absolute Gasteiger partial charge is 0.328 e. The van der Waals surface area contributed by atoms with Crippen LogP contribution in [0.1, 0.15) is 38.3 Å². The number of H-pyrrole nitrogens is 1. The van der Waals surface area contributed by atoms with E-state index in [1.54, 1.807) is 0 Å². The second kappa shape index (κ2) is 21.0. The third kappa shape index (κ3) is 15.7. The van der Waals surface area contributed by atoms with Gasteiger partial charge in [0.2, 0.25) is 35.4 Å². The SMILES string of the molecule is C[C@H](NC(=O)[C@H](CC(=O)O)NC(=O)[C@H](Cc1cnc[nH]1)NC(=O)CN)C(=O)N[C@@H](CCC(=O)O)C(=O)N[C@@H](CC(=O)O)C(=O)N[C@@H](CO)C(=O)O. The zero-order chi connectivity index (χ0) is 38.8. The Morgan fingerprint density at radius 1 is 0.686 bits per heavy atom. The molecule has 0 radical (unpaired) electrons. The predicted octanol–water partition coefficient (Wildman–Crippen LogP) is -6.27. The maximum absolute atomic E-state index is 13.1. The maximum Gasteiger partial charge on any atom is 0.328 e. The highest BCUT2D eigenvalue weighted by atomic mass is 16.4. The van der Waals surface area contributed by atoms with Gasteiger partial charge in [-0.15, -0.1) is 0 Å². The van der Waals surface area contributed by atoms with Gasteiger partial charge in [0, 0.05) is 24.7 Å². The second-order valence-corrected chi connectivity index (χ2v) is 10.7. The number of nitrogens with two attached hydrogens (primary N) is 1. The van der Waals surface area contributed by atoms with Gasteiger partial charge in [-0.3, -0.25) is 43.2 Å². The number of carboxylic acids is 4. The Morgan fingerprint density at radius 2 is 1.18 bits per heavy atom.